The molecule has 4 aliphatic rings. The minimum atomic E-state index is -1.65. The van der Waals surface area contributed by atoms with E-state index in [-0.39, 0.29) is 128 Å². The first-order chi connectivity index (χ1) is 57.6. The molecule has 121 heavy (non-hydrogen) atoms. The van der Waals surface area contributed by atoms with E-state index in [0.717, 1.165) is 48.7 Å². The number of pyridine rings is 4. The lowest BCUT2D eigenvalue weighted by Crippen LogP contribution is -2.46. The standard InChI is InChI=1S/3C21H23FN4O4.C12H16FN.C9H9N3O5/c3*1-12-3-8-17(13-4-6-14(22)7-5-13)26(11-12)21(29)19(28)25-15-9-16(18(23)27)20(30-2)24-10-15;1-9-2-3-11(8-14-9)10-4-6-12(13)7-5-10;1-17-8-5(6(10)13)2-4(3-11-8)12-7(14)9(15)16/h3*4-7,9-10,12,17H,3,8,11H2,1-2H3,(H2,23,27)(H,25,28);4-7,9,11,14H,2-3,8H2,1H3;2-3H,1H3,(H2,10,13)(H,12,14)(H,15,16)/t3*12-,17+;9-,11-;/m1101./s1. The number of aliphatic carboxylic acids is 1. The first-order valence-corrected chi connectivity index (χ1v) is 38.1. The molecule has 0 spiro atoms. The fourth-order valence-electron chi connectivity index (χ4n) is 13.8. The van der Waals surface area contributed by atoms with Crippen molar-refractivity contribution in [2.24, 2.45) is 40.7 Å². The normalized spacial score (nSPS) is 18.3. The van der Waals surface area contributed by atoms with Gasteiger partial charge in [-0.1, -0.05) is 69.3 Å². The lowest BCUT2D eigenvalue weighted by atomic mass is 9.89. The summed E-state index contributed by atoms with van der Waals surface area (Å²) >= 11 is 0. The van der Waals surface area contributed by atoms with Crippen molar-refractivity contribution >= 4 is 93.7 Å². The number of hydrogen-bond acceptors (Lipinski definition) is 21. The van der Waals surface area contributed by atoms with Crippen LogP contribution in [-0.2, 0) is 38.4 Å². The number of rotatable bonds is 16. The first-order valence-electron chi connectivity index (χ1n) is 38.1. The monoisotopic (exact) mass is 1670 g/mol. The zero-order chi connectivity index (χ0) is 88.5. The number of amides is 11. The number of carbonyl (C=O) groups is 12. The molecular weight excluding hydrogens is 1580 g/mol. The largest absolute Gasteiger partial charge is 0.480 e. The van der Waals surface area contributed by atoms with Crippen LogP contribution in [0.2, 0.25) is 0 Å². The summed E-state index contributed by atoms with van der Waals surface area (Å²) in [5.74, 6) is -10.7. The van der Waals surface area contributed by atoms with Gasteiger partial charge in [0.2, 0.25) is 23.5 Å². The topological polar surface area (TPSA) is 487 Å². The van der Waals surface area contributed by atoms with Gasteiger partial charge < -0.3 is 88.3 Å². The molecule has 8 aromatic rings. The second kappa shape index (κ2) is 43.5. The van der Waals surface area contributed by atoms with Crippen LogP contribution in [0.3, 0.4) is 0 Å². The van der Waals surface area contributed by atoms with E-state index >= 15 is 0 Å². The molecule has 12 rings (SSSR count). The van der Waals surface area contributed by atoms with Gasteiger partial charge in [-0.2, -0.15) is 0 Å². The van der Waals surface area contributed by atoms with Gasteiger partial charge >= 0.3 is 47.3 Å². The van der Waals surface area contributed by atoms with E-state index in [1.807, 2.05) is 38.2 Å². The molecule has 0 saturated carbocycles. The van der Waals surface area contributed by atoms with E-state index in [9.17, 15) is 75.1 Å². The molecule has 8 atom stereocenters. The lowest BCUT2D eigenvalue weighted by molar-refractivity contribution is -0.147. The van der Waals surface area contributed by atoms with Crippen LogP contribution in [-0.4, -0.2) is 171 Å². The van der Waals surface area contributed by atoms with Crippen LogP contribution in [0.5, 0.6) is 23.5 Å². The van der Waals surface area contributed by atoms with E-state index in [2.05, 4.69) is 48.1 Å². The molecule has 640 valence electrons. The van der Waals surface area contributed by atoms with Gasteiger partial charge in [-0.15, -0.1) is 0 Å². The summed E-state index contributed by atoms with van der Waals surface area (Å²) in [4.78, 5) is 164. The second-order valence-electron chi connectivity index (χ2n) is 29.0. The fourth-order valence-corrected chi connectivity index (χ4v) is 13.8. The van der Waals surface area contributed by atoms with E-state index in [1.165, 1.54) is 141 Å². The number of hydrogen-bond donors (Lipinski definition) is 10. The highest BCUT2D eigenvalue weighted by Gasteiger charge is 2.38. The molecule has 4 aromatic heterocycles. The van der Waals surface area contributed by atoms with Crippen LogP contribution in [0.4, 0.5) is 40.3 Å². The third kappa shape index (κ3) is 25.8. The Morgan fingerprint density at radius 2 is 0.620 bits per heavy atom. The maximum absolute atomic E-state index is 13.3. The molecule has 33 nitrogen and oxygen atoms in total. The minimum Gasteiger partial charge on any atom is -0.480 e. The Bertz CT molecular complexity index is 4690. The third-order valence-corrected chi connectivity index (χ3v) is 20.0. The number of piperidine rings is 4. The van der Waals surface area contributed by atoms with Gasteiger partial charge in [0.15, 0.2) is 0 Å². The minimum absolute atomic E-state index is 0.00850. The van der Waals surface area contributed by atoms with Crippen molar-refractivity contribution in [1.82, 2.24) is 40.0 Å². The van der Waals surface area contributed by atoms with Crippen LogP contribution in [0, 0.1) is 41.0 Å². The number of methoxy groups -OCH3 is 4. The zero-order valence-electron chi connectivity index (χ0n) is 67.4. The molecule has 0 bridgehead atoms. The van der Waals surface area contributed by atoms with Crippen LogP contribution >= 0.6 is 0 Å². The van der Waals surface area contributed by atoms with Gasteiger partial charge in [-0.3, -0.25) is 52.7 Å². The van der Waals surface area contributed by atoms with E-state index in [4.69, 9.17) is 47.0 Å². The van der Waals surface area contributed by atoms with E-state index < -0.39 is 70.9 Å². The summed E-state index contributed by atoms with van der Waals surface area (Å²) in [5, 5.41) is 21.2. The molecule has 4 fully saturated rings. The predicted molar refractivity (Wildman–Crippen MR) is 433 cm³/mol. The van der Waals surface area contributed by atoms with Crippen LogP contribution < -0.4 is 68.5 Å². The van der Waals surface area contributed by atoms with Crippen LogP contribution in [0.25, 0.3) is 0 Å². The van der Waals surface area contributed by atoms with Crippen molar-refractivity contribution in [1.29, 1.82) is 0 Å². The van der Waals surface area contributed by atoms with Crippen molar-refractivity contribution < 1.29 is 99.2 Å². The Kier molecular flexibility index (Phi) is 33.2. The summed E-state index contributed by atoms with van der Waals surface area (Å²) in [6.07, 6.45) is 12.0. The van der Waals surface area contributed by atoms with Gasteiger partial charge in [0.05, 0.1) is 94.1 Å². The average molecular weight is 1680 g/mol. The van der Waals surface area contributed by atoms with E-state index in [1.54, 1.807) is 48.5 Å². The van der Waals surface area contributed by atoms with Gasteiger partial charge in [-0.25, -0.2) is 42.3 Å². The molecule has 4 aromatic carbocycles. The molecular formula is C84H94F4N16O17. The third-order valence-electron chi connectivity index (χ3n) is 20.0. The fraction of sp³-hybridized carbons (Fsp3) is 0.333. The molecule has 8 heterocycles. The number of nitrogens with two attached hydrogens (primary N) is 4. The van der Waals surface area contributed by atoms with Gasteiger partial charge in [0.1, 0.15) is 45.5 Å². The number of nitrogens with zero attached hydrogens (tertiary/aromatic N) is 7. The highest BCUT2D eigenvalue weighted by molar-refractivity contribution is 6.41. The lowest BCUT2D eigenvalue weighted by Gasteiger charge is -2.38. The van der Waals surface area contributed by atoms with Crippen molar-refractivity contribution in [3.05, 3.63) is 214 Å². The molecule has 4 saturated heterocycles. The average Bonchev–Trinajstić information content (AvgIpc) is 0.819. The van der Waals surface area contributed by atoms with Crippen molar-refractivity contribution in [3.63, 3.8) is 0 Å². The molecule has 0 unspecified atom stereocenters. The molecule has 0 aliphatic carbocycles. The highest BCUT2D eigenvalue weighted by atomic mass is 19.1. The van der Waals surface area contributed by atoms with Crippen LogP contribution in [0.1, 0.15) is 167 Å². The Morgan fingerprint density at radius 3 is 0.843 bits per heavy atom. The summed E-state index contributed by atoms with van der Waals surface area (Å²) in [6, 6.07) is 29.4. The highest BCUT2D eigenvalue weighted by Crippen LogP contribution is 2.38. The summed E-state index contributed by atoms with van der Waals surface area (Å²) in [7, 11) is 5.31. The second-order valence-corrected chi connectivity index (χ2v) is 29.0. The first kappa shape index (κ1) is 92.5. The number of primary amides is 4. The Balaban J connectivity index is 0.000000193. The van der Waals surface area contributed by atoms with Gasteiger partial charge in [0.25, 0.3) is 23.6 Å². The van der Waals surface area contributed by atoms with Gasteiger partial charge in [-0.05, 0) is 177 Å². The van der Waals surface area contributed by atoms with Crippen molar-refractivity contribution in [2.45, 2.75) is 109 Å². The SMILES string of the molecule is COc1ncc(NC(=O)C(=O)N2C[C@@H](C)CC[C@@H]2c2ccc(F)cc2)cc1C(N)=O.COc1ncc(NC(=O)C(=O)N2C[C@H](C)CC[C@H]2c2ccc(F)cc2)cc1C(N)=O.COc1ncc(NC(=O)C(=O)N2C[C@H](C)CC[C@H]2c2ccc(F)cc2)cc1C(N)=O.COc1ncc(NC(=O)C(=O)O)cc1C(N)=O.C[C@@H]1CC[C@@H](c2ccc(F)cc2)CN1. The van der Waals surface area contributed by atoms with E-state index in [0.29, 0.717) is 50.9 Å². The number of benzene rings is 4. The number of aromatic nitrogens is 4. The van der Waals surface area contributed by atoms with Crippen molar-refractivity contribution in [3.8, 4) is 23.5 Å². The number of carboxylic acid groups (broad SMARTS) is 1. The maximum atomic E-state index is 13.3. The molecule has 0 radical (unpaired) electrons. The maximum Gasteiger partial charge on any atom is 0.394 e. The Hall–Kier alpha value is -14.0. The smallest absolute Gasteiger partial charge is 0.394 e. The number of halogens is 4. The predicted octanol–water partition coefficient (Wildman–Crippen LogP) is 8.69. The number of likely N-dealkylation sites (tertiary alicyclic amines) is 3. The number of carbonyl (C=O) groups excluding carboxylic acids is 11. The zero-order valence-corrected chi connectivity index (χ0v) is 67.4. The Morgan fingerprint density at radius 1 is 0.372 bits per heavy atom. The summed E-state index contributed by atoms with van der Waals surface area (Å²) in [6.45, 7) is 10.5. The molecule has 11 amide bonds. The number of carboxylic acids is 1. The number of nitrogens with one attached hydrogen (secondary N) is 5. The molecule has 4 aliphatic heterocycles. The quantitative estimate of drug-likeness (QED) is 0.0319. The van der Waals surface area contributed by atoms with Crippen molar-refractivity contribution in [2.75, 3.05) is 75.9 Å². The molecule has 14 N–H and O–H groups in total. The number of anilines is 4. The summed E-state index contributed by atoms with van der Waals surface area (Å²) in [5.41, 5.74) is 24.9. The van der Waals surface area contributed by atoms with Gasteiger partial charge in [0, 0.05) is 32.2 Å². The molecule has 37 heteroatoms. The number of ether oxygens (including phenoxy) is 4. The van der Waals surface area contributed by atoms with Crippen LogP contribution in [0.15, 0.2) is 146 Å². The summed E-state index contributed by atoms with van der Waals surface area (Å²) < 4.78 is 72.3. The Labute approximate surface area is 693 Å².